The van der Waals surface area contributed by atoms with Gasteiger partial charge >= 0.3 is 5.97 Å². The van der Waals surface area contributed by atoms with Gasteiger partial charge in [0.05, 0.1) is 23.4 Å². The predicted molar refractivity (Wildman–Crippen MR) is 137 cm³/mol. The lowest BCUT2D eigenvalue weighted by atomic mass is 10.1. The fourth-order valence-corrected chi connectivity index (χ4v) is 4.30. The standard InChI is InChI=1S/C25H22Br2N2O5/c1-15-10-16(2)24(20(27)11-15)33-14-23(30)29-28-13-17-8-9-21(22(12-17)32-3)34-25(31)18-6-4-5-7-19(18)26/h4-13H,14H2,1-3H3,(H,29,30)/b28-13-. The molecule has 0 aliphatic carbocycles. The van der Waals surface area contributed by atoms with Crippen molar-refractivity contribution in [2.75, 3.05) is 13.7 Å². The molecule has 0 aliphatic rings. The second-order valence-corrected chi connectivity index (χ2v) is 8.96. The Morgan fingerprint density at radius 2 is 1.76 bits per heavy atom. The molecule has 0 atom stereocenters. The van der Waals surface area contributed by atoms with Gasteiger partial charge in [-0.15, -0.1) is 0 Å². The molecule has 176 valence electrons. The number of nitrogens with one attached hydrogen (secondary N) is 1. The van der Waals surface area contributed by atoms with E-state index in [1.165, 1.54) is 13.3 Å². The third-order valence-corrected chi connectivity index (χ3v) is 5.89. The van der Waals surface area contributed by atoms with Crippen LogP contribution < -0.4 is 19.6 Å². The van der Waals surface area contributed by atoms with Crippen LogP contribution in [0, 0.1) is 13.8 Å². The number of benzene rings is 3. The van der Waals surface area contributed by atoms with Gasteiger partial charge in [-0.2, -0.15) is 5.10 Å². The van der Waals surface area contributed by atoms with Gasteiger partial charge in [0.1, 0.15) is 5.75 Å². The zero-order valence-corrected chi connectivity index (χ0v) is 21.9. The molecule has 7 nitrogen and oxygen atoms in total. The summed E-state index contributed by atoms with van der Waals surface area (Å²) in [5.41, 5.74) is 5.47. The highest BCUT2D eigenvalue weighted by molar-refractivity contribution is 9.10. The van der Waals surface area contributed by atoms with Crippen molar-refractivity contribution >= 4 is 50.0 Å². The van der Waals surface area contributed by atoms with Gasteiger partial charge in [-0.3, -0.25) is 4.79 Å². The maximum absolute atomic E-state index is 12.5. The summed E-state index contributed by atoms with van der Waals surface area (Å²) in [7, 11) is 1.47. The summed E-state index contributed by atoms with van der Waals surface area (Å²) < 4.78 is 17.8. The van der Waals surface area contributed by atoms with Crippen LogP contribution in [-0.2, 0) is 4.79 Å². The number of esters is 1. The third-order valence-electron chi connectivity index (χ3n) is 4.61. The highest BCUT2D eigenvalue weighted by Gasteiger charge is 2.15. The highest BCUT2D eigenvalue weighted by Crippen LogP contribution is 2.30. The van der Waals surface area contributed by atoms with Crippen molar-refractivity contribution < 1.29 is 23.8 Å². The van der Waals surface area contributed by atoms with Gasteiger partial charge in [-0.05, 0) is 98.8 Å². The molecule has 3 rings (SSSR count). The number of hydrogen-bond acceptors (Lipinski definition) is 6. The minimum atomic E-state index is -0.519. The number of hydrazone groups is 1. The topological polar surface area (TPSA) is 86.2 Å². The molecule has 0 radical (unpaired) electrons. The predicted octanol–water partition coefficient (Wildman–Crippen LogP) is 5.59. The molecular weight excluding hydrogens is 568 g/mol. The Morgan fingerprint density at radius 1 is 1.00 bits per heavy atom. The first-order chi connectivity index (χ1) is 16.3. The third kappa shape index (κ3) is 6.68. The average molecular weight is 590 g/mol. The summed E-state index contributed by atoms with van der Waals surface area (Å²) in [5.74, 6) is 0.293. The van der Waals surface area contributed by atoms with E-state index in [1.54, 1.807) is 36.4 Å². The SMILES string of the molecule is COc1cc(/C=N\NC(=O)COc2c(C)cc(C)cc2Br)ccc1OC(=O)c1ccccc1Br. The van der Waals surface area contributed by atoms with Crippen LogP contribution in [0.15, 0.2) is 68.6 Å². The second kappa shape index (κ2) is 11.8. The van der Waals surface area contributed by atoms with Gasteiger partial charge in [0, 0.05) is 4.47 Å². The van der Waals surface area contributed by atoms with Crippen molar-refractivity contribution in [1.82, 2.24) is 5.43 Å². The fourth-order valence-electron chi connectivity index (χ4n) is 3.06. The maximum atomic E-state index is 12.5. The number of amides is 1. The van der Waals surface area contributed by atoms with E-state index in [-0.39, 0.29) is 12.4 Å². The van der Waals surface area contributed by atoms with Crippen LogP contribution in [0.4, 0.5) is 0 Å². The summed E-state index contributed by atoms with van der Waals surface area (Å²) in [4.78, 5) is 24.6. The Bertz CT molecular complexity index is 1220. The van der Waals surface area contributed by atoms with Gasteiger partial charge in [0.2, 0.25) is 0 Å². The van der Waals surface area contributed by atoms with Crippen LogP contribution in [0.25, 0.3) is 0 Å². The van der Waals surface area contributed by atoms with E-state index in [1.807, 2.05) is 32.0 Å². The molecule has 3 aromatic carbocycles. The minimum Gasteiger partial charge on any atom is -0.493 e. The largest absolute Gasteiger partial charge is 0.493 e. The van der Waals surface area contributed by atoms with Crippen molar-refractivity contribution in [3.05, 3.63) is 85.8 Å². The van der Waals surface area contributed by atoms with E-state index in [9.17, 15) is 9.59 Å². The molecule has 0 heterocycles. The second-order valence-electron chi connectivity index (χ2n) is 7.25. The lowest BCUT2D eigenvalue weighted by Gasteiger charge is -2.11. The minimum absolute atomic E-state index is 0.187. The van der Waals surface area contributed by atoms with Gasteiger partial charge < -0.3 is 14.2 Å². The zero-order chi connectivity index (χ0) is 24.7. The summed E-state index contributed by atoms with van der Waals surface area (Å²) in [6.45, 7) is 3.71. The Kier molecular flexibility index (Phi) is 8.84. The van der Waals surface area contributed by atoms with Crippen LogP contribution in [0.2, 0.25) is 0 Å². The van der Waals surface area contributed by atoms with E-state index in [2.05, 4.69) is 42.4 Å². The molecule has 34 heavy (non-hydrogen) atoms. The number of halogens is 2. The Morgan fingerprint density at radius 3 is 2.47 bits per heavy atom. The van der Waals surface area contributed by atoms with Gasteiger partial charge in [0.15, 0.2) is 18.1 Å². The number of methoxy groups -OCH3 is 1. The van der Waals surface area contributed by atoms with Gasteiger partial charge in [-0.1, -0.05) is 18.2 Å². The number of nitrogens with zero attached hydrogens (tertiary/aromatic N) is 1. The lowest BCUT2D eigenvalue weighted by Crippen LogP contribution is -2.24. The van der Waals surface area contributed by atoms with Crippen molar-refractivity contribution in [2.45, 2.75) is 13.8 Å². The highest BCUT2D eigenvalue weighted by atomic mass is 79.9. The molecule has 1 N–H and O–H groups in total. The fraction of sp³-hybridized carbons (Fsp3) is 0.160. The molecule has 0 saturated heterocycles. The van der Waals surface area contributed by atoms with Crippen molar-refractivity contribution in [3.63, 3.8) is 0 Å². The molecule has 0 fully saturated rings. The number of hydrogen-bond donors (Lipinski definition) is 1. The quantitative estimate of drug-likeness (QED) is 0.160. The number of ether oxygens (including phenoxy) is 3. The summed E-state index contributed by atoms with van der Waals surface area (Å²) >= 11 is 6.79. The van der Waals surface area contributed by atoms with Crippen LogP contribution >= 0.6 is 31.9 Å². The van der Waals surface area contributed by atoms with Crippen LogP contribution in [0.5, 0.6) is 17.2 Å². The first-order valence-corrected chi connectivity index (χ1v) is 11.7. The van der Waals surface area contributed by atoms with Crippen molar-refractivity contribution in [2.24, 2.45) is 5.10 Å². The number of carbonyl (C=O) groups is 2. The van der Waals surface area contributed by atoms with E-state index in [4.69, 9.17) is 14.2 Å². The van der Waals surface area contributed by atoms with Gasteiger partial charge in [0.25, 0.3) is 5.91 Å². The van der Waals surface area contributed by atoms with Crippen LogP contribution in [-0.4, -0.2) is 31.8 Å². The van der Waals surface area contributed by atoms with Crippen molar-refractivity contribution in [3.8, 4) is 17.2 Å². The molecule has 0 bridgehead atoms. The monoisotopic (exact) mass is 588 g/mol. The molecule has 1 amide bonds. The Hall–Kier alpha value is -3.17. The zero-order valence-electron chi connectivity index (χ0n) is 18.7. The number of aryl methyl sites for hydroxylation is 2. The Labute approximate surface area is 214 Å². The van der Waals surface area contributed by atoms with Crippen molar-refractivity contribution in [1.29, 1.82) is 0 Å². The van der Waals surface area contributed by atoms with E-state index in [0.717, 1.165) is 15.6 Å². The molecule has 0 aromatic heterocycles. The van der Waals surface area contributed by atoms with E-state index < -0.39 is 11.9 Å². The van der Waals surface area contributed by atoms with E-state index >= 15 is 0 Å². The Balaban J connectivity index is 1.59. The summed E-state index contributed by atoms with van der Waals surface area (Å²) in [6, 6.07) is 15.8. The molecule has 0 spiro atoms. The molecule has 0 unspecified atom stereocenters. The normalized spacial score (nSPS) is 10.7. The first-order valence-electron chi connectivity index (χ1n) is 10.1. The lowest BCUT2D eigenvalue weighted by molar-refractivity contribution is -0.123. The number of carbonyl (C=O) groups excluding carboxylic acids is 2. The molecule has 0 aliphatic heterocycles. The molecule has 0 saturated carbocycles. The summed E-state index contributed by atoms with van der Waals surface area (Å²) in [6.07, 6.45) is 1.45. The van der Waals surface area contributed by atoms with Crippen LogP contribution in [0.1, 0.15) is 27.0 Å². The van der Waals surface area contributed by atoms with Gasteiger partial charge in [-0.25, -0.2) is 10.2 Å². The number of rotatable bonds is 8. The molecular formula is C25H22Br2N2O5. The summed E-state index contributed by atoms with van der Waals surface area (Å²) in [5, 5.41) is 3.95. The first kappa shape index (κ1) is 25.5. The maximum Gasteiger partial charge on any atom is 0.344 e. The van der Waals surface area contributed by atoms with Crippen LogP contribution in [0.3, 0.4) is 0 Å². The molecule has 3 aromatic rings. The smallest absolute Gasteiger partial charge is 0.344 e. The van der Waals surface area contributed by atoms with E-state index in [0.29, 0.717) is 27.1 Å². The molecule has 9 heteroatoms. The average Bonchev–Trinajstić information content (AvgIpc) is 2.79.